The number of ether oxygens (including phenoxy) is 1. The topological polar surface area (TPSA) is 112 Å². The molecule has 10 heteroatoms. The Kier molecular flexibility index (Phi) is 7.34. The smallest absolute Gasteiger partial charge is 0.227 e. The zero-order valence-electron chi connectivity index (χ0n) is 18.3. The molecule has 3 aromatic heterocycles. The Morgan fingerprint density at radius 1 is 1.24 bits per heavy atom. The van der Waals surface area contributed by atoms with Gasteiger partial charge in [-0.1, -0.05) is 0 Å². The fourth-order valence-electron chi connectivity index (χ4n) is 3.54. The lowest BCUT2D eigenvalue weighted by Gasteiger charge is -2.18. The third kappa shape index (κ3) is 5.77. The molecule has 0 spiro atoms. The molecule has 4 heterocycles. The van der Waals surface area contributed by atoms with Crippen LogP contribution in [0.15, 0.2) is 42.9 Å². The molecule has 0 aliphatic carbocycles. The summed E-state index contributed by atoms with van der Waals surface area (Å²) in [4.78, 5) is 19.5. The number of nitriles is 1. The van der Waals surface area contributed by atoms with Crippen molar-refractivity contribution in [2.45, 2.75) is 19.1 Å². The Morgan fingerprint density at radius 2 is 2.15 bits per heavy atom. The average Bonchev–Trinajstić information content (AvgIpc) is 3.28. The van der Waals surface area contributed by atoms with E-state index in [-0.39, 0.29) is 6.54 Å². The van der Waals surface area contributed by atoms with Crippen LogP contribution in [0.1, 0.15) is 17.7 Å². The number of pyridine rings is 2. The minimum atomic E-state index is -0.885. The van der Waals surface area contributed by atoms with Gasteiger partial charge >= 0.3 is 0 Å². The van der Waals surface area contributed by atoms with E-state index in [1.807, 2.05) is 17.0 Å². The van der Waals surface area contributed by atoms with Gasteiger partial charge < -0.3 is 20.3 Å². The van der Waals surface area contributed by atoms with Gasteiger partial charge in [0, 0.05) is 44.7 Å². The van der Waals surface area contributed by atoms with Crippen molar-refractivity contribution in [2.24, 2.45) is 0 Å². The van der Waals surface area contributed by atoms with Gasteiger partial charge in [-0.3, -0.25) is 4.98 Å². The van der Waals surface area contributed by atoms with Crippen LogP contribution in [0.25, 0.3) is 11.3 Å². The molecule has 33 heavy (non-hydrogen) atoms. The van der Waals surface area contributed by atoms with Gasteiger partial charge in [0.1, 0.15) is 18.1 Å². The first-order valence-corrected chi connectivity index (χ1v) is 10.7. The molecule has 9 nitrogen and oxygen atoms in total. The highest BCUT2D eigenvalue weighted by Crippen LogP contribution is 2.27. The fraction of sp³-hybridized carbons (Fsp3) is 0.348. The second-order valence-electron chi connectivity index (χ2n) is 7.64. The molecule has 0 amide bonds. The molecular formula is C23H25FN8O. The van der Waals surface area contributed by atoms with Crippen molar-refractivity contribution in [1.82, 2.24) is 25.3 Å². The Labute approximate surface area is 191 Å². The van der Waals surface area contributed by atoms with Crippen LogP contribution >= 0.6 is 0 Å². The summed E-state index contributed by atoms with van der Waals surface area (Å²) in [6.07, 6.45) is 4.59. The van der Waals surface area contributed by atoms with E-state index < -0.39 is 6.17 Å². The molecule has 1 atom stereocenters. The van der Waals surface area contributed by atoms with Crippen LogP contribution in [0.3, 0.4) is 0 Å². The van der Waals surface area contributed by atoms with Crippen LogP contribution in [-0.4, -0.2) is 59.5 Å². The Bertz CT molecular complexity index is 1120. The molecule has 170 valence electrons. The molecule has 1 fully saturated rings. The van der Waals surface area contributed by atoms with E-state index in [0.29, 0.717) is 54.7 Å². The van der Waals surface area contributed by atoms with Crippen LogP contribution < -0.4 is 15.5 Å². The SMILES string of the molecule is COCCNCc1ccc(Nc2nccc(-c3cnc(N4CC[C@H](F)C4)c(C#N)c3)n2)cn1. The lowest BCUT2D eigenvalue weighted by atomic mass is 10.1. The molecule has 0 radical (unpaired) electrons. The summed E-state index contributed by atoms with van der Waals surface area (Å²) < 4.78 is 18.6. The number of anilines is 3. The highest BCUT2D eigenvalue weighted by atomic mass is 19.1. The molecule has 1 aliphatic heterocycles. The molecule has 1 aliphatic rings. The minimum absolute atomic E-state index is 0.263. The number of alkyl halides is 1. The standard InChI is InChI=1S/C23H25FN8O/c1-33-9-7-26-13-19-2-3-20(14-28-19)30-23-27-6-4-21(31-23)17-10-16(11-25)22(29-12-17)32-8-5-18(24)15-32/h2-4,6,10,12,14,18,26H,5,7-9,13,15H2,1H3,(H,27,30,31)/t18-/m0/s1. The summed E-state index contributed by atoms with van der Waals surface area (Å²) in [7, 11) is 1.67. The van der Waals surface area contributed by atoms with Gasteiger partial charge in [-0.05, 0) is 30.7 Å². The van der Waals surface area contributed by atoms with Gasteiger partial charge in [0.25, 0.3) is 0 Å². The fourth-order valence-corrected chi connectivity index (χ4v) is 3.54. The van der Waals surface area contributed by atoms with Crippen molar-refractivity contribution < 1.29 is 9.13 Å². The van der Waals surface area contributed by atoms with E-state index in [2.05, 4.69) is 36.6 Å². The van der Waals surface area contributed by atoms with Gasteiger partial charge in [0.15, 0.2) is 0 Å². The van der Waals surface area contributed by atoms with E-state index >= 15 is 0 Å². The van der Waals surface area contributed by atoms with Crippen LogP contribution in [0.2, 0.25) is 0 Å². The van der Waals surface area contributed by atoms with E-state index in [4.69, 9.17) is 4.74 Å². The summed E-state index contributed by atoms with van der Waals surface area (Å²) in [5.41, 5.74) is 3.38. The summed E-state index contributed by atoms with van der Waals surface area (Å²) in [5, 5.41) is 16.0. The first-order valence-electron chi connectivity index (χ1n) is 10.7. The van der Waals surface area contributed by atoms with Gasteiger partial charge in [-0.25, -0.2) is 19.3 Å². The molecule has 1 saturated heterocycles. The zero-order valence-corrected chi connectivity index (χ0v) is 18.3. The molecule has 2 N–H and O–H groups in total. The maximum atomic E-state index is 13.6. The zero-order chi connectivity index (χ0) is 23.0. The van der Waals surface area contributed by atoms with Crippen molar-refractivity contribution in [1.29, 1.82) is 5.26 Å². The first-order chi connectivity index (χ1) is 16.2. The second-order valence-corrected chi connectivity index (χ2v) is 7.64. The van der Waals surface area contributed by atoms with E-state index in [1.165, 1.54) is 0 Å². The Balaban J connectivity index is 1.45. The lowest BCUT2D eigenvalue weighted by molar-refractivity contribution is 0.199. The van der Waals surface area contributed by atoms with Gasteiger partial charge in [-0.2, -0.15) is 5.26 Å². The number of rotatable bonds is 9. The van der Waals surface area contributed by atoms with Gasteiger partial charge in [-0.15, -0.1) is 0 Å². The minimum Gasteiger partial charge on any atom is -0.383 e. The summed E-state index contributed by atoms with van der Waals surface area (Å²) in [5.74, 6) is 0.916. The summed E-state index contributed by atoms with van der Waals surface area (Å²) in [6, 6.07) is 9.49. The van der Waals surface area contributed by atoms with Crippen molar-refractivity contribution >= 4 is 17.5 Å². The quantitative estimate of drug-likeness (QED) is 0.477. The highest BCUT2D eigenvalue weighted by Gasteiger charge is 2.25. The molecule has 0 unspecified atom stereocenters. The molecule has 4 rings (SSSR count). The number of hydrogen-bond donors (Lipinski definition) is 2. The highest BCUT2D eigenvalue weighted by molar-refractivity contribution is 5.67. The van der Waals surface area contributed by atoms with Gasteiger partial charge in [0.05, 0.1) is 42.0 Å². The molecule has 0 saturated carbocycles. The van der Waals surface area contributed by atoms with Crippen LogP contribution in [0, 0.1) is 11.3 Å². The Hall–Kier alpha value is -3.68. The van der Waals surface area contributed by atoms with Crippen molar-refractivity contribution in [3.8, 4) is 17.3 Å². The number of nitrogens with one attached hydrogen (secondary N) is 2. The van der Waals surface area contributed by atoms with Crippen molar-refractivity contribution in [3.05, 3.63) is 54.1 Å². The molecule has 0 bridgehead atoms. The number of halogens is 1. The van der Waals surface area contributed by atoms with Crippen LogP contribution in [0.5, 0.6) is 0 Å². The number of nitrogens with zero attached hydrogens (tertiary/aromatic N) is 6. The lowest BCUT2D eigenvalue weighted by Crippen LogP contribution is -2.22. The normalized spacial score (nSPS) is 15.4. The number of aromatic nitrogens is 4. The molecule has 3 aromatic rings. The van der Waals surface area contributed by atoms with E-state index in [9.17, 15) is 9.65 Å². The number of hydrogen-bond acceptors (Lipinski definition) is 9. The van der Waals surface area contributed by atoms with Crippen LogP contribution in [0.4, 0.5) is 21.8 Å². The first kappa shape index (κ1) is 22.5. The van der Waals surface area contributed by atoms with Gasteiger partial charge in [0.2, 0.25) is 5.95 Å². The molecular weight excluding hydrogens is 423 g/mol. The van der Waals surface area contributed by atoms with Crippen molar-refractivity contribution in [3.63, 3.8) is 0 Å². The largest absolute Gasteiger partial charge is 0.383 e. The maximum Gasteiger partial charge on any atom is 0.227 e. The summed E-state index contributed by atoms with van der Waals surface area (Å²) in [6.45, 7) is 2.88. The Morgan fingerprint density at radius 3 is 2.88 bits per heavy atom. The average molecular weight is 449 g/mol. The third-order valence-electron chi connectivity index (χ3n) is 5.24. The third-order valence-corrected chi connectivity index (χ3v) is 5.24. The molecule has 0 aromatic carbocycles. The van der Waals surface area contributed by atoms with E-state index in [1.54, 1.807) is 37.8 Å². The maximum absolute atomic E-state index is 13.6. The summed E-state index contributed by atoms with van der Waals surface area (Å²) >= 11 is 0. The van der Waals surface area contributed by atoms with Crippen LogP contribution in [-0.2, 0) is 11.3 Å². The van der Waals surface area contributed by atoms with E-state index in [0.717, 1.165) is 17.9 Å². The predicted molar refractivity (Wildman–Crippen MR) is 123 cm³/mol. The monoisotopic (exact) mass is 448 g/mol. The van der Waals surface area contributed by atoms with Crippen molar-refractivity contribution in [2.75, 3.05) is 43.6 Å². The predicted octanol–water partition coefficient (Wildman–Crippen LogP) is 2.83. The number of methoxy groups -OCH3 is 1. The second kappa shape index (κ2) is 10.8.